The van der Waals surface area contributed by atoms with Crippen molar-refractivity contribution in [2.24, 2.45) is 0 Å². The zero-order valence-corrected chi connectivity index (χ0v) is 29.3. The van der Waals surface area contributed by atoms with Crippen molar-refractivity contribution in [3.8, 4) is 33.6 Å². The predicted molar refractivity (Wildman–Crippen MR) is 212 cm³/mol. The van der Waals surface area contributed by atoms with Crippen LogP contribution in [0.1, 0.15) is 47.4 Å². The summed E-state index contributed by atoms with van der Waals surface area (Å²) in [5.74, 6) is 2.82. The van der Waals surface area contributed by atoms with Crippen LogP contribution in [0.2, 0.25) is 0 Å². The molecule has 0 saturated heterocycles. The lowest BCUT2D eigenvalue weighted by Gasteiger charge is -2.34. The molecule has 254 valence electrons. The molecule has 0 radical (unpaired) electrons. The number of allylic oxidation sites excluding steroid dienone is 5. The van der Waals surface area contributed by atoms with Gasteiger partial charge in [0.25, 0.3) is 0 Å². The number of ether oxygens (including phenoxy) is 2. The van der Waals surface area contributed by atoms with Gasteiger partial charge < -0.3 is 13.9 Å². The summed E-state index contributed by atoms with van der Waals surface area (Å²) in [5.41, 5.74) is 15.7. The van der Waals surface area contributed by atoms with Crippen LogP contribution in [-0.2, 0) is 9.47 Å². The normalized spacial score (nSPS) is 18.6. The molecule has 3 heterocycles. The molecule has 0 amide bonds. The van der Waals surface area contributed by atoms with E-state index in [1.165, 1.54) is 27.8 Å². The molecule has 4 heteroatoms. The van der Waals surface area contributed by atoms with Crippen molar-refractivity contribution in [1.29, 1.82) is 0 Å². The van der Waals surface area contributed by atoms with E-state index in [1.807, 2.05) is 12.1 Å². The van der Waals surface area contributed by atoms with E-state index < -0.39 is 0 Å². The van der Waals surface area contributed by atoms with E-state index in [1.54, 1.807) is 0 Å². The van der Waals surface area contributed by atoms with Crippen molar-refractivity contribution in [2.75, 3.05) is 0 Å². The number of furan rings is 1. The topological polar surface area (TPSA) is 44.5 Å². The Labute approximate surface area is 308 Å². The quantitative estimate of drug-likeness (QED) is 0.185. The zero-order valence-electron chi connectivity index (χ0n) is 29.3. The van der Waals surface area contributed by atoms with Crippen LogP contribution in [0.3, 0.4) is 0 Å². The Balaban J connectivity index is 1.05. The van der Waals surface area contributed by atoms with Gasteiger partial charge in [-0.25, -0.2) is 4.98 Å². The Morgan fingerprint density at radius 1 is 0.717 bits per heavy atom. The molecule has 7 aromatic rings. The van der Waals surface area contributed by atoms with Crippen LogP contribution in [0.25, 0.3) is 61.2 Å². The number of nitrogens with zero attached hydrogens (tertiary/aromatic N) is 1. The smallest absolute Gasteiger partial charge is 0.164 e. The first-order valence-corrected chi connectivity index (χ1v) is 18.5. The Kier molecular flexibility index (Phi) is 6.75. The Bertz CT molecular complexity index is 2760. The van der Waals surface area contributed by atoms with Gasteiger partial charge in [-0.1, -0.05) is 115 Å². The van der Waals surface area contributed by atoms with Crippen LogP contribution < -0.4 is 0 Å². The average molecular weight is 686 g/mol. The minimum Gasteiger partial charge on any atom is -0.483 e. The molecule has 0 bridgehead atoms. The van der Waals surface area contributed by atoms with Gasteiger partial charge in [0.2, 0.25) is 0 Å². The summed E-state index contributed by atoms with van der Waals surface area (Å²) < 4.78 is 19.9. The van der Waals surface area contributed by atoms with Crippen LogP contribution in [0.5, 0.6) is 0 Å². The third-order valence-electron chi connectivity index (χ3n) is 11.4. The molecule has 2 aromatic heterocycles. The van der Waals surface area contributed by atoms with Crippen molar-refractivity contribution < 1.29 is 13.9 Å². The lowest BCUT2D eigenvalue weighted by atomic mass is 9.85. The lowest BCUT2D eigenvalue weighted by Crippen LogP contribution is -2.27. The summed E-state index contributed by atoms with van der Waals surface area (Å²) in [6.45, 7) is 2.17. The van der Waals surface area contributed by atoms with E-state index in [-0.39, 0.29) is 12.0 Å². The summed E-state index contributed by atoms with van der Waals surface area (Å²) in [7, 11) is 0. The molecule has 4 nitrogen and oxygen atoms in total. The maximum absolute atomic E-state index is 6.81. The first-order valence-electron chi connectivity index (χ1n) is 18.5. The maximum atomic E-state index is 6.81. The van der Waals surface area contributed by atoms with Gasteiger partial charge in [0.1, 0.15) is 22.7 Å². The Morgan fingerprint density at radius 3 is 2.38 bits per heavy atom. The number of hydrogen-bond donors (Lipinski definition) is 0. The van der Waals surface area contributed by atoms with E-state index in [0.29, 0.717) is 0 Å². The summed E-state index contributed by atoms with van der Waals surface area (Å²) >= 11 is 0. The number of hydrogen-bond acceptors (Lipinski definition) is 4. The number of pyridine rings is 1. The van der Waals surface area contributed by atoms with Gasteiger partial charge in [0, 0.05) is 46.2 Å². The Hall–Kier alpha value is -6.39. The summed E-state index contributed by atoms with van der Waals surface area (Å²) in [5, 5.41) is 2.22. The fourth-order valence-corrected chi connectivity index (χ4v) is 8.86. The second-order valence-electron chi connectivity index (χ2n) is 14.4. The fourth-order valence-electron chi connectivity index (χ4n) is 8.86. The monoisotopic (exact) mass is 685 g/mol. The van der Waals surface area contributed by atoms with Crippen LogP contribution in [0.15, 0.2) is 173 Å². The second kappa shape index (κ2) is 11.8. The van der Waals surface area contributed by atoms with E-state index in [2.05, 4.69) is 140 Å². The van der Waals surface area contributed by atoms with Crippen LogP contribution in [0.4, 0.5) is 0 Å². The predicted octanol–water partition coefficient (Wildman–Crippen LogP) is 12.5. The Morgan fingerprint density at radius 2 is 1.51 bits per heavy atom. The van der Waals surface area contributed by atoms with Crippen LogP contribution in [-0.4, -0.2) is 11.1 Å². The molecule has 1 aliphatic heterocycles. The number of aromatic nitrogens is 1. The third kappa shape index (κ3) is 4.79. The number of rotatable bonds is 4. The van der Waals surface area contributed by atoms with Crippen LogP contribution >= 0.6 is 0 Å². The zero-order chi connectivity index (χ0) is 35.0. The van der Waals surface area contributed by atoms with E-state index in [0.717, 1.165) is 97.7 Å². The SMILES string of the molecule is Cc1c(-c2cccc3c2oc2ccc(C4C5=C(CC6OC7=C(C=CCC7)OC6=C5)c5ccccc54)cc23)cc(-c2ccccc2)nc1-c1ccccc1. The molecule has 11 rings (SSSR count). The third-order valence-corrected chi connectivity index (χ3v) is 11.4. The van der Waals surface area contributed by atoms with E-state index in [4.69, 9.17) is 18.9 Å². The molecule has 2 unspecified atom stereocenters. The second-order valence-corrected chi connectivity index (χ2v) is 14.4. The van der Waals surface area contributed by atoms with Crippen molar-refractivity contribution >= 4 is 27.5 Å². The highest BCUT2D eigenvalue weighted by Gasteiger charge is 2.40. The van der Waals surface area contributed by atoms with Gasteiger partial charge in [0.15, 0.2) is 11.9 Å². The standard InChI is InChI=1S/C49H35NO3/c1-29-37(26-41(30-13-4-2-5-14-30)50-48(29)31-15-6-3-7-16-31)35-19-12-20-36-39-25-32(23-24-42(39)53-49(35)36)47-34-18-9-8-17-33(34)38-27-45-46(28-40(38)47)52-44-22-11-10-21-43(44)51-45/h2-9,11-20,22-26,28,45,47H,10,21,27H2,1H3. The van der Waals surface area contributed by atoms with Crippen molar-refractivity contribution in [1.82, 2.24) is 4.98 Å². The van der Waals surface area contributed by atoms with Crippen molar-refractivity contribution in [3.05, 3.63) is 191 Å². The lowest BCUT2D eigenvalue weighted by molar-refractivity contribution is 0.0466. The first-order chi connectivity index (χ1) is 26.2. The highest BCUT2D eigenvalue weighted by atomic mass is 16.6. The van der Waals surface area contributed by atoms with Gasteiger partial charge in [-0.15, -0.1) is 0 Å². The van der Waals surface area contributed by atoms with Gasteiger partial charge in [-0.2, -0.15) is 0 Å². The highest BCUT2D eigenvalue weighted by molar-refractivity contribution is 6.10. The van der Waals surface area contributed by atoms with Crippen LogP contribution in [0, 0.1) is 6.92 Å². The van der Waals surface area contributed by atoms with Crippen molar-refractivity contribution in [2.45, 2.75) is 38.2 Å². The molecular formula is C49H35NO3. The number of para-hydroxylation sites is 1. The molecule has 4 aliphatic rings. The molecule has 53 heavy (non-hydrogen) atoms. The molecule has 0 N–H and O–H groups in total. The van der Waals surface area contributed by atoms with E-state index in [9.17, 15) is 0 Å². The van der Waals surface area contributed by atoms with Gasteiger partial charge in [-0.3, -0.25) is 0 Å². The molecule has 5 aromatic carbocycles. The fraction of sp³-hybridized carbons (Fsp3) is 0.122. The average Bonchev–Trinajstić information content (AvgIpc) is 3.75. The number of benzene rings is 5. The van der Waals surface area contributed by atoms with Crippen molar-refractivity contribution in [3.63, 3.8) is 0 Å². The first kappa shape index (κ1) is 30.3. The minimum atomic E-state index is -0.0917. The summed E-state index contributed by atoms with van der Waals surface area (Å²) in [6, 6.07) is 45.2. The molecule has 0 spiro atoms. The largest absolute Gasteiger partial charge is 0.483 e. The van der Waals surface area contributed by atoms with Gasteiger partial charge in [0.05, 0.1) is 11.4 Å². The minimum absolute atomic E-state index is 0.0809. The molecule has 0 fully saturated rings. The van der Waals surface area contributed by atoms with E-state index >= 15 is 0 Å². The maximum Gasteiger partial charge on any atom is 0.164 e. The highest BCUT2D eigenvalue weighted by Crippen LogP contribution is 2.53. The summed E-state index contributed by atoms with van der Waals surface area (Å²) in [6.07, 6.45) is 9.08. The molecular weight excluding hydrogens is 651 g/mol. The molecule has 2 atom stereocenters. The van der Waals surface area contributed by atoms with Gasteiger partial charge >= 0.3 is 0 Å². The number of fused-ring (bicyclic) bond motifs is 6. The molecule has 0 saturated carbocycles. The summed E-state index contributed by atoms with van der Waals surface area (Å²) in [4.78, 5) is 5.21. The van der Waals surface area contributed by atoms with Gasteiger partial charge in [-0.05, 0) is 82.7 Å². The molecule has 3 aliphatic carbocycles.